The number of anilines is 1. The van der Waals surface area contributed by atoms with E-state index >= 15 is 0 Å². The molecule has 0 radical (unpaired) electrons. The highest BCUT2D eigenvalue weighted by molar-refractivity contribution is 9.10. The molecule has 0 unspecified atom stereocenters. The number of halogens is 2. The van der Waals surface area contributed by atoms with Gasteiger partial charge < -0.3 is 15.0 Å². The van der Waals surface area contributed by atoms with E-state index in [9.17, 15) is 9.59 Å². The summed E-state index contributed by atoms with van der Waals surface area (Å²) in [6, 6.07) is 14.5. The standard InChI is InChI=1S/C17H16Br2N2O3/c1-21(10-16(22)20-15-5-3-2-4-14(15)19)17(23)11-24-13-8-6-12(18)7-9-13/h2-9H,10-11H2,1H3,(H,20,22). The quantitative estimate of drug-likeness (QED) is 0.722. The number of ether oxygens (including phenoxy) is 1. The van der Waals surface area contributed by atoms with Gasteiger partial charge in [-0.15, -0.1) is 0 Å². The molecule has 0 aliphatic rings. The minimum Gasteiger partial charge on any atom is -0.484 e. The van der Waals surface area contributed by atoms with E-state index in [0.29, 0.717) is 11.4 Å². The van der Waals surface area contributed by atoms with Crippen LogP contribution in [0.5, 0.6) is 5.75 Å². The Kier molecular flexibility index (Phi) is 6.81. The van der Waals surface area contributed by atoms with E-state index in [2.05, 4.69) is 37.2 Å². The van der Waals surface area contributed by atoms with E-state index in [0.717, 1.165) is 8.95 Å². The van der Waals surface area contributed by atoms with Crippen molar-refractivity contribution in [2.75, 3.05) is 25.5 Å². The van der Waals surface area contributed by atoms with Crippen molar-refractivity contribution in [2.45, 2.75) is 0 Å². The van der Waals surface area contributed by atoms with Gasteiger partial charge in [0, 0.05) is 16.0 Å². The minimum atomic E-state index is -0.278. The van der Waals surface area contributed by atoms with Gasteiger partial charge in [-0.3, -0.25) is 9.59 Å². The van der Waals surface area contributed by atoms with Crippen LogP contribution in [0.2, 0.25) is 0 Å². The van der Waals surface area contributed by atoms with Crippen LogP contribution in [0.3, 0.4) is 0 Å². The van der Waals surface area contributed by atoms with Crippen LogP contribution in [0, 0.1) is 0 Å². The van der Waals surface area contributed by atoms with Crippen molar-refractivity contribution >= 4 is 49.4 Å². The summed E-state index contributed by atoms with van der Waals surface area (Å²) in [6.07, 6.45) is 0. The lowest BCUT2D eigenvalue weighted by molar-refractivity contribution is -0.135. The lowest BCUT2D eigenvalue weighted by atomic mass is 10.3. The maximum Gasteiger partial charge on any atom is 0.260 e. The average Bonchev–Trinajstić information content (AvgIpc) is 2.56. The molecule has 126 valence electrons. The highest BCUT2D eigenvalue weighted by Gasteiger charge is 2.14. The number of carbonyl (C=O) groups is 2. The van der Waals surface area contributed by atoms with E-state index < -0.39 is 0 Å². The number of nitrogens with one attached hydrogen (secondary N) is 1. The SMILES string of the molecule is CN(CC(=O)Nc1ccccc1Br)C(=O)COc1ccc(Br)cc1. The Hall–Kier alpha value is -1.86. The van der Waals surface area contributed by atoms with Gasteiger partial charge in [-0.05, 0) is 52.3 Å². The number of hydrogen-bond acceptors (Lipinski definition) is 3. The molecule has 0 bridgehead atoms. The van der Waals surface area contributed by atoms with E-state index in [1.54, 1.807) is 25.2 Å². The number of likely N-dealkylation sites (N-methyl/N-ethyl adjacent to an activating group) is 1. The van der Waals surface area contributed by atoms with Gasteiger partial charge in [0.1, 0.15) is 5.75 Å². The molecule has 5 nitrogen and oxygen atoms in total. The second kappa shape index (κ2) is 8.84. The van der Waals surface area contributed by atoms with Crippen LogP contribution in [0.1, 0.15) is 0 Å². The summed E-state index contributed by atoms with van der Waals surface area (Å²) in [5, 5.41) is 2.75. The number of rotatable bonds is 6. The van der Waals surface area contributed by atoms with Crippen LogP contribution in [0.25, 0.3) is 0 Å². The molecule has 24 heavy (non-hydrogen) atoms. The van der Waals surface area contributed by atoms with E-state index in [1.807, 2.05) is 30.3 Å². The molecule has 0 aliphatic carbocycles. The monoisotopic (exact) mass is 454 g/mol. The van der Waals surface area contributed by atoms with Crippen molar-refractivity contribution in [2.24, 2.45) is 0 Å². The molecule has 0 saturated heterocycles. The predicted molar refractivity (Wildman–Crippen MR) is 100 cm³/mol. The van der Waals surface area contributed by atoms with Gasteiger partial charge in [-0.2, -0.15) is 0 Å². The predicted octanol–water partition coefficient (Wildman–Crippen LogP) is 3.69. The fourth-order valence-corrected chi connectivity index (χ4v) is 2.49. The molecule has 2 amide bonds. The zero-order valence-electron chi connectivity index (χ0n) is 13.0. The number of amides is 2. The maximum absolute atomic E-state index is 12.0. The highest BCUT2D eigenvalue weighted by Crippen LogP contribution is 2.21. The number of benzene rings is 2. The third-order valence-electron chi connectivity index (χ3n) is 3.13. The minimum absolute atomic E-state index is 0.0517. The van der Waals surface area contributed by atoms with Gasteiger partial charge in [0.15, 0.2) is 6.61 Å². The fraction of sp³-hybridized carbons (Fsp3) is 0.176. The number of carbonyl (C=O) groups excluding carboxylic acids is 2. The smallest absolute Gasteiger partial charge is 0.260 e. The summed E-state index contributed by atoms with van der Waals surface area (Å²) < 4.78 is 7.13. The zero-order chi connectivity index (χ0) is 17.5. The van der Waals surface area contributed by atoms with Gasteiger partial charge in [0.2, 0.25) is 5.91 Å². The van der Waals surface area contributed by atoms with Gasteiger partial charge >= 0.3 is 0 Å². The highest BCUT2D eigenvalue weighted by atomic mass is 79.9. The van der Waals surface area contributed by atoms with E-state index in [1.165, 1.54) is 4.90 Å². The van der Waals surface area contributed by atoms with Crippen LogP contribution >= 0.6 is 31.9 Å². The first kappa shape index (κ1) is 18.5. The summed E-state index contributed by atoms with van der Waals surface area (Å²) in [4.78, 5) is 25.4. The Morgan fingerprint density at radius 1 is 1.08 bits per heavy atom. The second-order valence-corrected chi connectivity index (χ2v) is 6.79. The Morgan fingerprint density at radius 2 is 1.75 bits per heavy atom. The Balaban J connectivity index is 1.81. The zero-order valence-corrected chi connectivity index (χ0v) is 16.1. The second-order valence-electron chi connectivity index (χ2n) is 5.02. The molecule has 2 rings (SSSR count). The van der Waals surface area contributed by atoms with E-state index in [-0.39, 0.29) is 25.0 Å². The number of para-hydroxylation sites is 1. The first-order chi connectivity index (χ1) is 11.5. The first-order valence-corrected chi connectivity index (χ1v) is 8.71. The molecule has 0 spiro atoms. The summed E-state index contributed by atoms with van der Waals surface area (Å²) in [5.74, 6) is 0.0409. The molecule has 0 aliphatic heterocycles. The molecule has 0 atom stereocenters. The number of hydrogen-bond donors (Lipinski definition) is 1. The van der Waals surface area contributed by atoms with Crippen LogP contribution in [0.15, 0.2) is 57.5 Å². The molecule has 0 fully saturated rings. The first-order valence-electron chi connectivity index (χ1n) is 7.12. The van der Waals surface area contributed by atoms with Crippen molar-refractivity contribution in [3.63, 3.8) is 0 Å². The fourth-order valence-electron chi connectivity index (χ4n) is 1.84. The lowest BCUT2D eigenvalue weighted by Gasteiger charge is -2.17. The third kappa shape index (κ3) is 5.65. The number of nitrogens with zero attached hydrogens (tertiary/aromatic N) is 1. The summed E-state index contributed by atoms with van der Waals surface area (Å²) in [5.41, 5.74) is 0.662. The van der Waals surface area contributed by atoms with E-state index in [4.69, 9.17) is 4.74 Å². The Bertz CT molecular complexity index is 720. The molecular formula is C17H16Br2N2O3. The molecule has 0 aromatic heterocycles. The average molecular weight is 456 g/mol. The van der Waals surface area contributed by atoms with Crippen LogP contribution in [0.4, 0.5) is 5.69 Å². The maximum atomic E-state index is 12.0. The molecule has 1 N–H and O–H groups in total. The van der Waals surface area contributed by atoms with Crippen molar-refractivity contribution in [3.8, 4) is 5.75 Å². The molecule has 0 saturated carbocycles. The molecular weight excluding hydrogens is 440 g/mol. The van der Waals surface area contributed by atoms with Crippen molar-refractivity contribution in [3.05, 3.63) is 57.5 Å². The third-order valence-corrected chi connectivity index (χ3v) is 4.35. The molecule has 2 aromatic carbocycles. The van der Waals surface area contributed by atoms with Gasteiger partial charge in [0.05, 0.1) is 12.2 Å². The molecule has 2 aromatic rings. The van der Waals surface area contributed by atoms with Crippen molar-refractivity contribution < 1.29 is 14.3 Å². The van der Waals surface area contributed by atoms with Gasteiger partial charge in [-0.1, -0.05) is 28.1 Å². The summed E-state index contributed by atoms with van der Waals surface area (Å²) >= 11 is 6.69. The molecule has 0 heterocycles. The largest absolute Gasteiger partial charge is 0.484 e. The lowest BCUT2D eigenvalue weighted by Crippen LogP contribution is -2.37. The molecule has 7 heteroatoms. The van der Waals surface area contributed by atoms with Gasteiger partial charge in [-0.25, -0.2) is 0 Å². The van der Waals surface area contributed by atoms with Crippen LogP contribution in [-0.2, 0) is 9.59 Å². The Morgan fingerprint density at radius 3 is 2.42 bits per heavy atom. The van der Waals surface area contributed by atoms with Crippen LogP contribution in [-0.4, -0.2) is 36.9 Å². The van der Waals surface area contributed by atoms with Gasteiger partial charge in [0.25, 0.3) is 5.91 Å². The topological polar surface area (TPSA) is 58.6 Å². The summed E-state index contributed by atoms with van der Waals surface area (Å²) in [7, 11) is 1.56. The van der Waals surface area contributed by atoms with Crippen LogP contribution < -0.4 is 10.1 Å². The van der Waals surface area contributed by atoms with Crippen molar-refractivity contribution in [1.29, 1.82) is 0 Å². The Labute approximate surface area is 157 Å². The van der Waals surface area contributed by atoms with Crippen molar-refractivity contribution in [1.82, 2.24) is 4.90 Å². The summed E-state index contributed by atoms with van der Waals surface area (Å²) in [6.45, 7) is -0.176. The normalized spacial score (nSPS) is 10.1.